The predicted octanol–water partition coefficient (Wildman–Crippen LogP) is 4.09. The second kappa shape index (κ2) is 7.86. The Bertz CT molecular complexity index is 434. The van der Waals surface area contributed by atoms with Crippen LogP contribution in [-0.2, 0) is 12.8 Å². The summed E-state index contributed by atoms with van der Waals surface area (Å²) in [5, 5.41) is 3.59. The molecule has 2 aromatic carbocycles. The van der Waals surface area contributed by atoms with E-state index in [1.807, 2.05) is 0 Å². The van der Waals surface area contributed by atoms with Crippen LogP contribution in [0, 0.1) is 5.92 Å². The van der Waals surface area contributed by atoms with E-state index in [9.17, 15) is 0 Å². The van der Waals surface area contributed by atoms with Crippen molar-refractivity contribution in [3.05, 3.63) is 71.8 Å². The largest absolute Gasteiger partial charge is 0.314 e. The molecule has 0 amide bonds. The van der Waals surface area contributed by atoms with Gasteiger partial charge in [0.2, 0.25) is 0 Å². The zero-order chi connectivity index (χ0) is 14.2. The first kappa shape index (κ1) is 14.8. The topological polar surface area (TPSA) is 12.0 Å². The van der Waals surface area contributed by atoms with E-state index in [0.717, 1.165) is 19.4 Å². The molecular formula is C19H25N. The molecule has 1 heteroatoms. The zero-order valence-electron chi connectivity index (χ0n) is 12.5. The second-order valence-corrected chi connectivity index (χ2v) is 5.81. The van der Waals surface area contributed by atoms with Crippen LogP contribution in [0.4, 0.5) is 0 Å². The van der Waals surface area contributed by atoms with Gasteiger partial charge in [-0.3, -0.25) is 0 Å². The lowest BCUT2D eigenvalue weighted by Crippen LogP contribution is -2.31. The Morgan fingerprint density at radius 3 is 1.60 bits per heavy atom. The van der Waals surface area contributed by atoms with Crippen LogP contribution >= 0.6 is 0 Å². The van der Waals surface area contributed by atoms with Crippen LogP contribution in [-0.4, -0.2) is 12.6 Å². The van der Waals surface area contributed by atoms with Gasteiger partial charge >= 0.3 is 0 Å². The molecule has 0 bridgehead atoms. The fourth-order valence-corrected chi connectivity index (χ4v) is 2.51. The van der Waals surface area contributed by atoms with Crippen molar-refractivity contribution >= 4 is 0 Å². The Morgan fingerprint density at radius 2 is 1.20 bits per heavy atom. The van der Waals surface area contributed by atoms with Gasteiger partial charge in [0, 0.05) is 6.04 Å². The predicted molar refractivity (Wildman–Crippen MR) is 86.9 cm³/mol. The molecule has 0 aromatic heterocycles. The lowest BCUT2D eigenvalue weighted by Gasteiger charge is -2.19. The summed E-state index contributed by atoms with van der Waals surface area (Å²) in [5.41, 5.74) is 2.86. The maximum absolute atomic E-state index is 3.59. The van der Waals surface area contributed by atoms with Gasteiger partial charge in [-0.05, 0) is 36.4 Å². The summed E-state index contributed by atoms with van der Waals surface area (Å²) >= 11 is 0. The molecule has 1 nitrogen and oxygen atoms in total. The maximum Gasteiger partial charge on any atom is 0.00104 e. The monoisotopic (exact) mass is 267 g/mol. The molecule has 0 atom stereocenters. The smallest absolute Gasteiger partial charge is 0.00104 e. The molecule has 0 saturated carbocycles. The Labute approximate surface area is 123 Å². The Balaban J connectivity index is 2.00. The van der Waals surface area contributed by atoms with Crippen LogP contribution in [0.15, 0.2) is 60.7 Å². The summed E-state index contributed by atoms with van der Waals surface area (Å²) in [4.78, 5) is 0. The standard InChI is InChI=1S/C19H25N/c1-16(2)20-15-19(13-17-9-5-3-6-10-17)14-18-11-7-4-8-12-18/h3-12,16,19-20H,13-15H2,1-2H3. The lowest BCUT2D eigenvalue weighted by molar-refractivity contribution is 0.444. The van der Waals surface area contributed by atoms with Gasteiger partial charge in [-0.25, -0.2) is 0 Å². The minimum atomic E-state index is 0.545. The van der Waals surface area contributed by atoms with E-state index < -0.39 is 0 Å². The quantitative estimate of drug-likeness (QED) is 0.797. The molecule has 0 fully saturated rings. The van der Waals surface area contributed by atoms with E-state index in [1.165, 1.54) is 11.1 Å². The molecule has 0 aliphatic carbocycles. The van der Waals surface area contributed by atoms with Crippen LogP contribution < -0.4 is 5.32 Å². The van der Waals surface area contributed by atoms with Crippen LogP contribution in [0.2, 0.25) is 0 Å². The third kappa shape index (κ3) is 5.18. The third-order valence-electron chi connectivity index (χ3n) is 3.55. The summed E-state index contributed by atoms with van der Waals surface area (Å²) in [6.45, 7) is 5.49. The highest BCUT2D eigenvalue weighted by Gasteiger charge is 2.11. The first-order valence-corrected chi connectivity index (χ1v) is 7.55. The molecule has 0 radical (unpaired) electrons. The number of hydrogen-bond donors (Lipinski definition) is 1. The highest BCUT2D eigenvalue weighted by atomic mass is 14.9. The van der Waals surface area contributed by atoms with Crippen LogP contribution in [0.1, 0.15) is 25.0 Å². The van der Waals surface area contributed by atoms with Gasteiger partial charge < -0.3 is 5.32 Å². The fraction of sp³-hybridized carbons (Fsp3) is 0.368. The molecule has 0 heterocycles. The molecule has 0 spiro atoms. The molecule has 0 unspecified atom stereocenters. The van der Waals surface area contributed by atoms with E-state index in [2.05, 4.69) is 79.8 Å². The molecule has 1 N–H and O–H groups in total. The number of nitrogens with one attached hydrogen (secondary N) is 1. The Hall–Kier alpha value is -1.60. The number of rotatable bonds is 7. The lowest BCUT2D eigenvalue weighted by atomic mass is 9.92. The molecule has 0 aliphatic rings. The first-order valence-electron chi connectivity index (χ1n) is 7.55. The minimum absolute atomic E-state index is 0.545. The Kier molecular flexibility index (Phi) is 5.82. The van der Waals surface area contributed by atoms with Gasteiger partial charge in [0.1, 0.15) is 0 Å². The van der Waals surface area contributed by atoms with Crippen LogP contribution in [0.5, 0.6) is 0 Å². The van der Waals surface area contributed by atoms with Crippen molar-refractivity contribution < 1.29 is 0 Å². The highest BCUT2D eigenvalue weighted by molar-refractivity contribution is 5.18. The first-order chi connectivity index (χ1) is 9.74. The van der Waals surface area contributed by atoms with Crippen molar-refractivity contribution in [2.45, 2.75) is 32.7 Å². The number of hydrogen-bond acceptors (Lipinski definition) is 1. The van der Waals surface area contributed by atoms with Gasteiger partial charge in [0.15, 0.2) is 0 Å². The normalized spacial score (nSPS) is 11.2. The van der Waals surface area contributed by atoms with E-state index in [-0.39, 0.29) is 0 Å². The van der Waals surface area contributed by atoms with Crippen molar-refractivity contribution in [3.63, 3.8) is 0 Å². The van der Waals surface area contributed by atoms with Crippen molar-refractivity contribution in [3.8, 4) is 0 Å². The van der Waals surface area contributed by atoms with E-state index in [0.29, 0.717) is 12.0 Å². The molecular weight excluding hydrogens is 242 g/mol. The van der Waals surface area contributed by atoms with Gasteiger partial charge in [-0.1, -0.05) is 74.5 Å². The van der Waals surface area contributed by atoms with E-state index in [1.54, 1.807) is 0 Å². The highest BCUT2D eigenvalue weighted by Crippen LogP contribution is 2.14. The van der Waals surface area contributed by atoms with Gasteiger partial charge in [0.05, 0.1) is 0 Å². The van der Waals surface area contributed by atoms with Crippen molar-refractivity contribution in [2.24, 2.45) is 5.92 Å². The molecule has 2 rings (SSSR count). The van der Waals surface area contributed by atoms with Gasteiger partial charge in [0.25, 0.3) is 0 Å². The van der Waals surface area contributed by atoms with Gasteiger partial charge in [-0.2, -0.15) is 0 Å². The Morgan fingerprint density at radius 1 is 0.750 bits per heavy atom. The maximum atomic E-state index is 3.59. The minimum Gasteiger partial charge on any atom is -0.314 e. The van der Waals surface area contributed by atoms with Crippen LogP contribution in [0.3, 0.4) is 0 Å². The zero-order valence-corrected chi connectivity index (χ0v) is 12.5. The van der Waals surface area contributed by atoms with Crippen molar-refractivity contribution in [1.29, 1.82) is 0 Å². The third-order valence-corrected chi connectivity index (χ3v) is 3.55. The van der Waals surface area contributed by atoms with Crippen LogP contribution in [0.25, 0.3) is 0 Å². The average Bonchev–Trinajstić information content (AvgIpc) is 2.47. The second-order valence-electron chi connectivity index (χ2n) is 5.81. The molecule has 106 valence electrons. The fourth-order valence-electron chi connectivity index (χ4n) is 2.51. The van der Waals surface area contributed by atoms with E-state index >= 15 is 0 Å². The summed E-state index contributed by atoms with van der Waals surface area (Å²) in [6.07, 6.45) is 2.27. The average molecular weight is 267 g/mol. The summed E-state index contributed by atoms with van der Waals surface area (Å²) in [5.74, 6) is 0.641. The van der Waals surface area contributed by atoms with Gasteiger partial charge in [-0.15, -0.1) is 0 Å². The van der Waals surface area contributed by atoms with Crippen molar-refractivity contribution in [2.75, 3.05) is 6.54 Å². The molecule has 20 heavy (non-hydrogen) atoms. The SMILES string of the molecule is CC(C)NCC(Cc1ccccc1)Cc1ccccc1. The van der Waals surface area contributed by atoms with Crippen molar-refractivity contribution in [1.82, 2.24) is 5.32 Å². The summed E-state index contributed by atoms with van der Waals surface area (Å²) in [6, 6.07) is 22.2. The summed E-state index contributed by atoms with van der Waals surface area (Å²) < 4.78 is 0. The molecule has 0 saturated heterocycles. The molecule has 2 aromatic rings. The molecule has 0 aliphatic heterocycles. The number of benzene rings is 2. The van der Waals surface area contributed by atoms with E-state index in [4.69, 9.17) is 0 Å². The summed E-state index contributed by atoms with van der Waals surface area (Å²) in [7, 11) is 0.